The molecule has 0 saturated heterocycles. The Balaban J connectivity index is 1.76. The highest BCUT2D eigenvalue weighted by Gasteiger charge is 2.21. The number of carbonyl (C=O) groups excluding carboxylic acids is 1. The van der Waals surface area contributed by atoms with Gasteiger partial charge in [0.05, 0.1) is 7.11 Å². The number of unbranched alkanes of at least 4 members (excludes halogenated alkanes) is 2. The molecule has 0 atom stereocenters. The molecule has 0 aliphatic heterocycles. The van der Waals surface area contributed by atoms with Crippen molar-refractivity contribution in [2.24, 2.45) is 5.92 Å². The quantitative estimate of drug-likeness (QED) is 0.458. The van der Waals surface area contributed by atoms with Crippen LogP contribution in [0.5, 0.6) is 0 Å². The Morgan fingerprint density at radius 3 is 2.39 bits per heavy atom. The third-order valence-electron chi connectivity index (χ3n) is 5.36. The van der Waals surface area contributed by atoms with Gasteiger partial charge in [0.25, 0.3) is 0 Å². The van der Waals surface area contributed by atoms with Crippen LogP contribution in [0.4, 0.5) is 0 Å². The van der Waals surface area contributed by atoms with Gasteiger partial charge in [-0.3, -0.25) is 4.79 Å². The van der Waals surface area contributed by atoms with E-state index >= 15 is 0 Å². The molecule has 23 heavy (non-hydrogen) atoms. The molecule has 2 nitrogen and oxygen atoms in total. The number of aryl methyl sites for hydroxylation is 1. The number of esters is 1. The molecular weight excluding hydrogens is 284 g/mol. The summed E-state index contributed by atoms with van der Waals surface area (Å²) in [4.78, 5) is 11.2. The van der Waals surface area contributed by atoms with Crippen molar-refractivity contribution < 1.29 is 9.53 Å². The number of hydrogen-bond acceptors (Lipinski definition) is 2. The highest BCUT2D eigenvalue weighted by molar-refractivity contribution is 5.69. The van der Waals surface area contributed by atoms with Gasteiger partial charge >= 0.3 is 5.97 Å². The number of ether oxygens (including phenoxy) is 1. The van der Waals surface area contributed by atoms with Gasteiger partial charge in [-0.15, -0.1) is 0 Å². The van der Waals surface area contributed by atoms with E-state index in [9.17, 15) is 4.79 Å². The van der Waals surface area contributed by atoms with Crippen LogP contribution in [0.1, 0.15) is 81.8 Å². The second-order valence-electron chi connectivity index (χ2n) is 7.03. The van der Waals surface area contributed by atoms with Crippen molar-refractivity contribution >= 4 is 5.97 Å². The van der Waals surface area contributed by atoms with Gasteiger partial charge in [-0.25, -0.2) is 0 Å². The standard InChI is InChI=1S/C21H32O2/c1-3-4-5-6-17-7-12-19(13-8-17)20-14-9-18(10-15-20)11-16-21(22)23-2/h9-10,14-15,17,19H,3-8,11-13,16H2,1-2H3. The van der Waals surface area contributed by atoms with Crippen molar-refractivity contribution in [1.82, 2.24) is 0 Å². The van der Waals surface area contributed by atoms with Crippen LogP contribution in [-0.4, -0.2) is 13.1 Å². The molecule has 1 fully saturated rings. The summed E-state index contributed by atoms with van der Waals surface area (Å²) in [5.74, 6) is 1.58. The Hall–Kier alpha value is -1.31. The lowest BCUT2D eigenvalue weighted by Gasteiger charge is -2.29. The number of methoxy groups -OCH3 is 1. The van der Waals surface area contributed by atoms with Gasteiger partial charge in [-0.05, 0) is 55.1 Å². The first kappa shape index (κ1) is 18.0. The van der Waals surface area contributed by atoms with E-state index in [-0.39, 0.29) is 5.97 Å². The summed E-state index contributed by atoms with van der Waals surface area (Å²) >= 11 is 0. The molecule has 1 aliphatic carbocycles. The Bertz CT molecular complexity index is 455. The van der Waals surface area contributed by atoms with E-state index in [0.717, 1.165) is 18.3 Å². The molecule has 0 spiro atoms. The lowest BCUT2D eigenvalue weighted by Crippen LogP contribution is -2.13. The van der Waals surface area contributed by atoms with Crippen molar-refractivity contribution in [1.29, 1.82) is 0 Å². The van der Waals surface area contributed by atoms with Crippen LogP contribution >= 0.6 is 0 Å². The Morgan fingerprint density at radius 2 is 1.78 bits per heavy atom. The summed E-state index contributed by atoms with van der Waals surface area (Å²) < 4.78 is 4.70. The molecule has 0 heterocycles. The third-order valence-corrected chi connectivity index (χ3v) is 5.36. The zero-order chi connectivity index (χ0) is 16.5. The Kier molecular flexibility index (Phi) is 7.64. The summed E-state index contributed by atoms with van der Waals surface area (Å²) in [6.07, 6.45) is 12.3. The molecule has 2 rings (SSSR count). The number of benzene rings is 1. The minimum absolute atomic E-state index is 0.129. The summed E-state index contributed by atoms with van der Waals surface area (Å²) in [6.45, 7) is 2.28. The molecule has 1 aromatic carbocycles. The van der Waals surface area contributed by atoms with Crippen molar-refractivity contribution in [3.8, 4) is 0 Å². The van der Waals surface area contributed by atoms with Crippen molar-refractivity contribution in [3.05, 3.63) is 35.4 Å². The minimum Gasteiger partial charge on any atom is -0.469 e. The number of hydrogen-bond donors (Lipinski definition) is 0. The van der Waals surface area contributed by atoms with Crippen LogP contribution in [-0.2, 0) is 16.0 Å². The van der Waals surface area contributed by atoms with Crippen LogP contribution in [0.3, 0.4) is 0 Å². The maximum Gasteiger partial charge on any atom is 0.305 e. The van der Waals surface area contributed by atoms with E-state index < -0.39 is 0 Å². The summed E-state index contributed by atoms with van der Waals surface area (Å²) in [6, 6.07) is 8.92. The average Bonchev–Trinajstić information content (AvgIpc) is 2.61. The van der Waals surface area contributed by atoms with Gasteiger partial charge in [0, 0.05) is 6.42 Å². The average molecular weight is 316 g/mol. The Morgan fingerprint density at radius 1 is 1.09 bits per heavy atom. The van der Waals surface area contributed by atoms with E-state index in [1.807, 2.05) is 0 Å². The smallest absolute Gasteiger partial charge is 0.305 e. The molecule has 0 bridgehead atoms. The fourth-order valence-corrected chi connectivity index (χ4v) is 3.77. The van der Waals surface area contributed by atoms with Crippen LogP contribution in [0.2, 0.25) is 0 Å². The topological polar surface area (TPSA) is 26.3 Å². The van der Waals surface area contributed by atoms with E-state index in [1.54, 1.807) is 0 Å². The summed E-state index contributed by atoms with van der Waals surface area (Å²) in [5.41, 5.74) is 2.71. The molecule has 0 N–H and O–H groups in total. The maximum absolute atomic E-state index is 11.2. The van der Waals surface area contributed by atoms with E-state index in [2.05, 4.69) is 31.2 Å². The first-order valence-electron chi connectivity index (χ1n) is 9.38. The van der Waals surface area contributed by atoms with Crippen LogP contribution in [0, 0.1) is 5.92 Å². The lowest BCUT2D eigenvalue weighted by atomic mass is 9.77. The van der Waals surface area contributed by atoms with Crippen molar-refractivity contribution in [2.75, 3.05) is 7.11 Å². The molecule has 128 valence electrons. The summed E-state index contributed by atoms with van der Waals surface area (Å²) in [5, 5.41) is 0. The molecular formula is C21H32O2. The minimum atomic E-state index is -0.129. The maximum atomic E-state index is 11.2. The lowest BCUT2D eigenvalue weighted by molar-refractivity contribution is -0.140. The second-order valence-corrected chi connectivity index (χ2v) is 7.03. The first-order valence-corrected chi connectivity index (χ1v) is 9.38. The molecule has 1 aliphatic rings. The van der Waals surface area contributed by atoms with Crippen LogP contribution in [0.15, 0.2) is 24.3 Å². The molecule has 0 radical (unpaired) electrons. The van der Waals surface area contributed by atoms with Crippen LogP contribution in [0.25, 0.3) is 0 Å². The van der Waals surface area contributed by atoms with E-state index in [1.165, 1.54) is 69.6 Å². The SMILES string of the molecule is CCCCCC1CCC(c2ccc(CCC(=O)OC)cc2)CC1. The van der Waals surface area contributed by atoms with Gasteiger partial charge in [0.1, 0.15) is 0 Å². The van der Waals surface area contributed by atoms with E-state index in [0.29, 0.717) is 6.42 Å². The number of carbonyl (C=O) groups is 1. The van der Waals surface area contributed by atoms with Gasteiger partial charge in [0.2, 0.25) is 0 Å². The third kappa shape index (κ3) is 6.01. The van der Waals surface area contributed by atoms with Gasteiger partial charge in [-0.1, -0.05) is 56.9 Å². The molecule has 1 saturated carbocycles. The number of rotatable bonds is 8. The zero-order valence-corrected chi connectivity index (χ0v) is 14.9. The predicted octanol–water partition coefficient (Wildman–Crippen LogP) is 5.65. The second kappa shape index (κ2) is 9.75. The van der Waals surface area contributed by atoms with Gasteiger partial charge < -0.3 is 4.74 Å². The fourth-order valence-electron chi connectivity index (χ4n) is 3.77. The monoisotopic (exact) mass is 316 g/mol. The largest absolute Gasteiger partial charge is 0.469 e. The highest BCUT2D eigenvalue weighted by atomic mass is 16.5. The molecule has 0 amide bonds. The fraction of sp³-hybridized carbons (Fsp3) is 0.667. The van der Waals surface area contributed by atoms with Crippen LogP contribution < -0.4 is 0 Å². The predicted molar refractivity (Wildman–Crippen MR) is 95.6 cm³/mol. The molecule has 0 aromatic heterocycles. The molecule has 1 aromatic rings. The molecule has 2 heteroatoms. The zero-order valence-electron chi connectivity index (χ0n) is 14.9. The van der Waals surface area contributed by atoms with Gasteiger partial charge in [0.15, 0.2) is 0 Å². The molecule has 0 unspecified atom stereocenters. The van der Waals surface area contributed by atoms with Crippen molar-refractivity contribution in [3.63, 3.8) is 0 Å². The highest BCUT2D eigenvalue weighted by Crippen LogP contribution is 2.37. The Labute approximate surface area is 141 Å². The van der Waals surface area contributed by atoms with E-state index in [4.69, 9.17) is 4.74 Å². The normalized spacial score (nSPS) is 21.1. The summed E-state index contributed by atoms with van der Waals surface area (Å²) in [7, 11) is 1.45. The van der Waals surface area contributed by atoms with Gasteiger partial charge in [-0.2, -0.15) is 0 Å². The first-order chi connectivity index (χ1) is 11.2. The van der Waals surface area contributed by atoms with Crippen molar-refractivity contribution in [2.45, 2.75) is 77.0 Å².